The molecular weight excluding hydrogens is 259 g/mol. The zero-order valence-corrected chi connectivity index (χ0v) is 8.51. The van der Waals surface area contributed by atoms with E-state index in [1.54, 1.807) is 0 Å². The molecule has 0 bridgehead atoms. The fraction of sp³-hybridized carbons (Fsp3) is 0. The van der Waals surface area contributed by atoms with Crippen molar-refractivity contribution in [2.24, 2.45) is 0 Å². The van der Waals surface area contributed by atoms with Gasteiger partial charge in [0, 0.05) is 0 Å². The molecular formula is H4MnNO8P2-2. The van der Waals surface area contributed by atoms with Crippen LogP contribution in [0.1, 0.15) is 0 Å². The van der Waals surface area contributed by atoms with Gasteiger partial charge in [-0.1, -0.05) is 0 Å². The van der Waals surface area contributed by atoms with E-state index < -0.39 is 15.6 Å². The van der Waals surface area contributed by atoms with Crippen molar-refractivity contribution in [1.82, 2.24) is 6.15 Å². The monoisotopic (exact) mass is 263 g/mol. The van der Waals surface area contributed by atoms with E-state index >= 15 is 0 Å². The molecule has 0 unspecified atom stereocenters. The Morgan fingerprint density at radius 3 is 0.667 bits per heavy atom. The molecule has 0 radical (unpaired) electrons. The zero-order valence-electron chi connectivity index (χ0n) is 5.54. The van der Waals surface area contributed by atoms with Gasteiger partial charge in [-0.2, -0.15) is 15.6 Å². The Hall–Kier alpha value is 0.699. The first kappa shape index (κ1) is 23.0. The van der Waals surface area contributed by atoms with Gasteiger partial charge < -0.3 is 44.6 Å². The first-order valence-corrected chi connectivity index (χ1v) is 4.38. The minimum absolute atomic E-state index is 0. The van der Waals surface area contributed by atoms with Crippen molar-refractivity contribution in [3.63, 3.8) is 0 Å². The van der Waals surface area contributed by atoms with Gasteiger partial charge in [-0.15, -0.1) is 0 Å². The molecule has 0 aliphatic rings. The molecule has 0 amide bonds. The Labute approximate surface area is 78.0 Å². The average molecular weight is 263 g/mol. The number of hydrogen-bond donors (Lipinski definition) is 1. The normalized spacial score (nSPS) is 9.83. The van der Waals surface area contributed by atoms with Crippen LogP contribution >= 0.6 is 15.6 Å². The van der Waals surface area contributed by atoms with Crippen LogP contribution in [-0.4, -0.2) is 0 Å². The number of quaternary nitrogens is 1. The van der Waals surface area contributed by atoms with Gasteiger partial charge in [-0.25, -0.2) is 0 Å². The maximum atomic E-state index is 8.55. The van der Waals surface area contributed by atoms with E-state index in [1.807, 2.05) is 0 Å². The molecule has 0 saturated heterocycles. The summed E-state index contributed by atoms with van der Waals surface area (Å²) in [7, 11) is -10.8. The van der Waals surface area contributed by atoms with Crippen molar-refractivity contribution in [2.45, 2.75) is 0 Å². The third-order valence-corrected chi connectivity index (χ3v) is 0. The van der Waals surface area contributed by atoms with Crippen LogP contribution < -0.4 is 35.5 Å². The standard InChI is InChI=1S/Mn.H3N.2H3O4P/c;;2*1-5(2,3)4/h;1H3;2*(H3,1,2,3,4)/q+3;;;/p-5. The SMILES string of the molecule is O=P([O-])([O-])[O-].O=P([O-])([O-])[O-].[Mn+3].[NH4+]. The zero-order chi connectivity index (χ0) is 9.00. The smallest absolute Gasteiger partial charge is 0.822 e. The van der Waals surface area contributed by atoms with Crippen molar-refractivity contribution in [3.8, 4) is 0 Å². The van der Waals surface area contributed by atoms with Gasteiger partial charge in [0.15, 0.2) is 0 Å². The van der Waals surface area contributed by atoms with Gasteiger partial charge in [0.2, 0.25) is 0 Å². The molecule has 0 atom stereocenters. The van der Waals surface area contributed by atoms with Crippen LogP contribution in [-0.2, 0) is 26.2 Å². The van der Waals surface area contributed by atoms with E-state index in [1.165, 1.54) is 0 Å². The molecule has 0 rings (SSSR count). The number of hydrogen-bond acceptors (Lipinski definition) is 8. The van der Waals surface area contributed by atoms with E-state index in [0.29, 0.717) is 0 Å². The fourth-order valence-electron chi connectivity index (χ4n) is 0. The molecule has 12 heavy (non-hydrogen) atoms. The number of phosphoric acid groups is 2. The Morgan fingerprint density at radius 1 is 0.667 bits per heavy atom. The quantitative estimate of drug-likeness (QED) is 0.328. The second-order valence-corrected chi connectivity index (χ2v) is 2.68. The Balaban J connectivity index is -0.0000000457. The molecule has 0 aromatic heterocycles. The van der Waals surface area contributed by atoms with E-state index in [-0.39, 0.29) is 23.2 Å². The van der Waals surface area contributed by atoms with Gasteiger partial charge in [0.25, 0.3) is 0 Å². The van der Waals surface area contributed by atoms with Gasteiger partial charge in [0.05, 0.1) is 0 Å². The van der Waals surface area contributed by atoms with Crippen LogP contribution in [0.4, 0.5) is 0 Å². The summed E-state index contributed by atoms with van der Waals surface area (Å²) in [5.74, 6) is 0. The third kappa shape index (κ3) is 2060. The molecule has 0 fully saturated rings. The van der Waals surface area contributed by atoms with Crippen LogP contribution in [0.3, 0.4) is 0 Å². The van der Waals surface area contributed by atoms with Gasteiger partial charge >= 0.3 is 17.1 Å². The summed E-state index contributed by atoms with van der Waals surface area (Å²) in [6, 6.07) is 0. The van der Waals surface area contributed by atoms with E-state index in [2.05, 4.69) is 0 Å². The Kier molecular flexibility index (Phi) is 15.9. The summed E-state index contributed by atoms with van der Waals surface area (Å²) in [5, 5.41) is 0. The fourth-order valence-corrected chi connectivity index (χ4v) is 0. The van der Waals surface area contributed by atoms with Crippen molar-refractivity contribution in [3.05, 3.63) is 0 Å². The van der Waals surface area contributed by atoms with Crippen LogP contribution in [0.25, 0.3) is 0 Å². The molecule has 0 saturated carbocycles. The van der Waals surface area contributed by atoms with Crippen molar-refractivity contribution in [2.75, 3.05) is 0 Å². The molecule has 4 N–H and O–H groups in total. The molecule has 0 spiro atoms. The largest absolute Gasteiger partial charge is 3.00 e. The van der Waals surface area contributed by atoms with Crippen LogP contribution in [0, 0.1) is 0 Å². The molecule has 0 heterocycles. The first-order chi connectivity index (χ1) is 4.00. The van der Waals surface area contributed by atoms with E-state index in [9.17, 15) is 0 Å². The molecule has 0 aliphatic heterocycles. The van der Waals surface area contributed by atoms with Crippen LogP contribution in [0.2, 0.25) is 0 Å². The van der Waals surface area contributed by atoms with Crippen molar-refractivity contribution >= 4 is 15.6 Å². The van der Waals surface area contributed by atoms with Gasteiger partial charge in [-0.3, -0.25) is 0 Å². The van der Waals surface area contributed by atoms with E-state index in [4.69, 9.17) is 38.5 Å². The average Bonchev–Trinajstić information content (AvgIpc) is 1.12. The minimum atomic E-state index is -5.39. The summed E-state index contributed by atoms with van der Waals surface area (Å²) < 4.78 is 17.1. The summed E-state index contributed by atoms with van der Waals surface area (Å²) >= 11 is 0. The summed E-state index contributed by atoms with van der Waals surface area (Å²) in [5.41, 5.74) is 0. The molecule has 0 aromatic rings. The second kappa shape index (κ2) is 8.30. The van der Waals surface area contributed by atoms with E-state index in [0.717, 1.165) is 0 Å². The second-order valence-electron chi connectivity index (χ2n) is 0.894. The molecule has 0 aliphatic carbocycles. The molecule has 12 heteroatoms. The van der Waals surface area contributed by atoms with Crippen molar-refractivity contribution < 1.29 is 55.6 Å². The summed E-state index contributed by atoms with van der Waals surface area (Å²) in [4.78, 5) is 51.3. The molecule has 9 nitrogen and oxygen atoms in total. The third-order valence-electron chi connectivity index (χ3n) is 0. The summed E-state index contributed by atoms with van der Waals surface area (Å²) in [6.45, 7) is 0. The topological polar surface area (TPSA) is 209 Å². The van der Waals surface area contributed by atoms with Crippen LogP contribution in [0.15, 0.2) is 0 Å². The van der Waals surface area contributed by atoms with Gasteiger partial charge in [0.1, 0.15) is 0 Å². The maximum absolute atomic E-state index is 8.55. The van der Waals surface area contributed by atoms with Crippen molar-refractivity contribution in [1.29, 1.82) is 0 Å². The first-order valence-electron chi connectivity index (χ1n) is 1.46. The molecule has 76 valence electrons. The number of rotatable bonds is 0. The maximum Gasteiger partial charge on any atom is 3.00 e. The Morgan fingerprint density at radius 2 is 0.667 bits per heavy atom. The minimum Gasteiger partial charge on any atom is -0.822 e. The molecule has 0 aromatic carbocycles. The predicted octanol–water partition coefficient (Wildman–Crippen LogP) is -5.28. The van der Waals surface area contributed by atoms with Crippen LogP contribution in [0.5, 0.6) is 0 Å². The summed E-state index contributed by atoms with van der Waals surface area (Å²) in [6.07, 6.45) is 0. The predicted molar refractivity (Wildman–Crippen MR) is 21.2 cm³/mol. The Bertz CT molecular complexity index is 129. The van der Waals surface area contributed by atoms with Gasteiger partial charge in [-0.05, 0) is 0 Å².